The first-order valence-electron chi connectivity index (χ1n) is 14.5. The van der Waals surface area contributed by atoms with E-state index >= 15 is 0 Å². The lowest BCUT2D eigenvalue weighted by atomic mass is 9.47. The number of hydrogen-bond acceptors (Lipinski definition) is 1. The Bertz CT molecular complexity index is 737. The Kier molecular flexibility index (Phi) is 5.96. The van der Waals surface area contributed by atoms with E-state index in [-0.39, 0.29) is 6.10 Å². The highest BCUT2D eigenvalue weighted by molar-refractivity contribution is 5.25. The predicted octanol–water partition coefficient (Wildman–Crippen LogP) is 8.41. The van der Waals surface area contributed by atoms with Gasteiger partial charge in [0, 0.05) is 0 Å². The summed E-state index contributed by atoms with van der Waals surface area (Å²) in [6, 6.07) is 0. The molecule has 0 bridgehead atoms. The fourth-order valence-electron chi connectivity index (χ4n) is 10.6. The van der Waals surface area contributed by atoms with Crippen LogP contribution in [-0.4, -0.2) is 11.2 Å². The maximum absolute atomic E-state index is 10.3. The summed E-state index contributed by atoms with van der Waals surface area (Å²) >= 11 is 0. The van der Waals surface area contributed by atoms with Gasteiger partial charge in [0.25, 0.3) is 0 Å². The standard InChI is InChI=1S/C31H52O/c1-7-22-19-31(22,20(2)3)17-12-21(4)26-10-11-27-25-9-8-23-18-24(32)13-15-29(23,5)28(25)14-16-30(26,27)6/h8,20-22,24-28,32H,7,9-19H2,1-6H3/t21-,22?,24+,25+,26-,27+,28+,29+,30-,31?/m1/s1. The summed E-state index contributed by atoms with van der Waals surface area (Å²) in [5.74, 6) is 6.44. The van der Waals surface area contributed by atoms with Gasteiger partial charge < -0.3 is 5.11 Å². The average molecular weight is 441 g/mol. The van der Waals surface area contributed by atoms with Crippen LogP contribution >= 0.6 is 0 Å². The second-order valence-electron chi connectivity index (χ2n) is 14.1. The van der Waals surface area contributed by atoms with Crippen molar-refractivity contribution in [3.8, 4) is 0 Å². The highest BCUT2D eigenvalue weighted by Gasteiger charge is 2.60. The summed E-state index contributed by atoms with van der Waals surface area (Å²) < 4.78 is 0. The molecule has 0 heterocycles. The molecule has 0 aromatic carbocycles. The molecule has 32 heavy (non-hydrogen) atoms. The van der Waals surface area contributed by atoms with Crippen molar-refractivity contribution in [3.63, 3.8) is 0 Å². The minimum Gasteiger partial charge on any atom is -0.393 e. The van der Waals surface area contributed by atoms with Crippen LogP contribution in [-0.2, 0) is 0 Å². The second kappa shape index (κ2) is 8.13. The zero-order valence-corrected chi connectivity index (χ0v) is 22.1. The van der Waals surface area contributed by atoms with E-state index < -0.39 is 0 Å². The molecular formula is C31H52O. The van der Waals surface area contributed by atoms with Crippen LogP contribution in [0.3, 0.4) is 0 Å². The van der Waals surface area contributed by atoms with Crippen LogP contribution in [0.25, 0.3) is 0 Å². The van der Waals surface area contributed by atoms with Crippen LogP contribution in [0.15, 0.2) is 11.6 Å². The van der Waals surface area contributed by atoms with Crippen molar-refractivity contribution < 1.29 is 5.11 Å². The average Bonchev–Trinajstić information content (AvgIpc) is 3.38. The number of allylic oxidation sites excluding steroid dienone is 1. The van der Waals surface area contributed by atoms with Gasteiger partial charge in [-0.1, -0.05) is 59.6 Å². The number of hydrogen-bond donors (Lipinski definition) is 1. The molecule has 0 spiro atoms. The molecule has 1 nitrogen and oxygen atoms in total. The van der Waals surface area contributed by atoms with Crippen molar-refractivity contribution >= 4 is 0 Å². The van der Waals surface area contributed by atoms with Gasteiger partial charge in [0.1, 0.15) is 0 Å². The first kappa shape index (κ1) is 23.4. The molecule has 5 rings (SSSR count). The van der Waals surface area contributed by atoms with Crippen LogP contribution in [0.1, 0.15) is 119 Å². The Morgan fingerprint density at radius 3 is 2.50 bits per heavy atom. The van der Waals surface area contributed by atoms with Gasteiger partial charge in [0.05, 0.1) is 6.10 Å². The molecule has 2 unspecified atom stereocenters. The lowest BCUT2D eigenvalue weighted by Crippen LogP contribution is -2.50. The van der Waals surface area contributed by atoms with Crippen LogP contribution in [0.2, 0.25) is 0 Å². The second-order valence-corrected chi connectivity index (χ2v) is 14.1. The van der Waals surface area contributed by atoms with Crippen molar-refractivity contribution in [2.45, 2.75) is 125 Å². The van der Waals surface area contributed by atoms with E-state index in [4.69, 9.17) is 0 Å². The summed E-state index contributed by atoms with van der Waals surface area (Å²) in [7, 11) is 0. The van der Waals surface area contributed by atoms with Crippen molar-refractivity contribution in [2.24, 2.45) is 57.7 Å². The summed E-state index contributed by atoms with van der Waals surface area (Å²) in [5, 5.41) is 10.3. The van der Waals surface area contributed by atoms with E-state index in [0.717, 1.165) is 54.3 Å². The largest absolute Gasteiger partial charge is 0.393 e. The Morgan fingerprint density at radius 1 is 1.03 bits per heavy atom. The maximum Gasteiger partial charge on any atom is 0.0577 e. The fraction of sp³-hybridized carbons (Fsp3) is 0.935. The number of aliphatic hydroxyl groups excluding tert-OH is 1. The minimum atomic E-state index is -0.0793. The Hall–Kier alpha value is -0.300. The van der Waals surface area contributed by atoms with Crippen molar-refractivity contribution in [2.75, 3.05) is 0 Å². The smallest absolute Gasteiger partial charge is 0.0577 e. The lowest BCUT2D eigenvalue weighted by molar-refractivity contribution is -0.0576. The Labute approximate surface area is 199 Å². The molecule has 0 aromatic heterocycles. The van der Waals surface area contributed by atoms with Gasteiger partial charge >= 0.3 is 0 Å². The highest BCUT2D eigenvalue weighted by Crippen LogP contribution is 2.68. The van der Waals surface area contributed by atoms with E-state index in [9.17, 15) is 5.11 Å². The molecule has 1 heteroatoms. The summed E-state index contributed by atoms with van der Waals surface area (Å²) in [4.78, 5) is 0. The first-order valence-corrected chi connectivity index (χ1v) is 14.5. The zero-order valence-electron chi connectivity index (χ0n) is 22.1. The Morgan fingerprint density at radius 2 is 1.81 bits per heavy atom. The molecule has 0 amide bonds. The number of aliphatic hydroxyl groups is 1. The van der Waals surface area contributed by atoms with E-state index in [1.54, 1.807) is 5.57 Å². The third kappa shape index (κ3) is 3.41. The number of fused-ring (bicyclic) bond motifs is 5. The summed E-state index contributed by atoms with van der Waals surface area (Å²) in [6.45, 7) is 15.3. The zero-order chi connectivity index (χ0) is 22.9. The summed E-state index contributed by atoms with van der Waals surface area (Å²) in [5.41, 5.74) is 3.27. The molecule has 4 fully saturated rings. The van der Waals surface area contributed by atoms with Crippen LogP contribution in [0, 0.1) is 57.7 Å². The topological polar surface area (TPSA) is 20.2 Å². The van der Waals surface area contributed by atoms with Crippen molar-refractivity contribution in [1.82, 2.24) is 0 Å². The first-order chi connectivity index (χ1) is 15.2. The molecule has 0 aromatic rings. The molecule has 0 saturated heterocycles. The quantitative estimate of drug-likeness (QED) is 0.411. The monoisotopic (exact) mass is 440 g/mol. The molecule has 4 saturated carbocycles. The lowest BCUT2D eigenvalue weighted by Gasteiger charge is -2.58. The fourth-order valence-corrected chi connectivity index (χ4v) is 10.6. The van der Waals surface area contributed by atoms with Crippen LogP contribution in [0.5, 0.6) is 0 Å². The maximum atomic E-state index is 10.3. The number of rotatable bonds is 6. The van der Waals surface area contributed by atoms with E-state index in [1.165, 1.54) is 64.2 Å². The normalized spacial score (nSPS) is 50.9. The molecule has 5 aliphatic rings. The van der Waals surface area contributed by atoms with Gasteiger partial charge in [-0.25, -0.2) is 0 Å². The summed E-state index contributed by atoms with van der Waals surface area (Å²) in [6.07, 6.45) is 18.8. The molecule has 10 atom stereocenters. The van der Waals surface area contributed by atoms with E-state index in [2.05, 4.69) is 47.6 Å². The van der Waals surface area contributed by atoms with Gasteiger partial charge in [0.2, 0.25) is 0 Å². The molecule has 0 aliphatic heterocycles. The molecule has 0 radical (unpaired) electrons. The van der Waals surface area contributed by atoms with Gasteiger partial charge in [-0.15, -0.1) is 0 Å². The molecule has 5 aliphatic carbocycles. The van der Waals surface area contributed by atoms with Crippen molar-refractivity contribution in [3.05, 3.63) is 11.6 Å². The van der Waals surface area contributed by atoms with Gasteiger partial charge in [0.15, 0.2) is 0 Å². The molecule has 1 N–H and O–H groups in total. The third-order valence-electron chi connectivity index (χ3n) is 12.8. The highest BCUT2D eigenvalue weighted by atomic mass is 16.3. The minimum absolute atomic E-state index is 0.0793. The third-order valence-corrected chi connectivity index (χ3v) is 12.8. The van der Waals surface area contributed by atoms with Gasteiger partial charge in [-0.3, -0.25) is 0 Å². The molecule has 182 valence electrons. The van der Waals surface area contributed by atoms with Gasteiger partial charge in [-0.2, -0.15) is 0 Å². The SMILES string of the molecule is CCC1CC1(CC[C@@H](C)[C@H]1CC[C@H]2[C@@H]3CC=C4C[C@@H](O)CC[C@]4(C)[C@H]3CC[C@]12C)C(C)C. The predicted molar refractivity (Wildman–Crippen MR) is 135 cm³/mol. The van der Waals surface area contributed by atoms with Gasteiger partial charge in [-0.05, 0) is 128 Å². The van der Waals surface area contributed by atoms with Crippen LogP contribution in [0.4, 0.5) is 0 Å². The van der Waals surface area contributed by atoms with E-state index in [0.29, 0.717) is 16.2 Å². The van der Waals surface area contributed by atoms with E-state index in [1.807, 2.05) is 0 Å². The van der Waals surface area contributed by atoms with Crippen LogP contribution < -0.4 is 0 Å². The van der Waals surface area contributed by atoms with Crippen molar-refractivity contribution in [1.29, 1.82) is 0 Å². The Balaban J connectivity index is 1.29. The molecular weight excluding hydrogens is 388 g/mol.